The molecular weight excluding hydrogens is 412 g/mol. The van der Waals surface area contributed by atoms with E-state index in [1.807, 2.05) is 36.4 Å². The fourth-order valence-electron chi connectivity index (χ4n) is 4.87. The van der Waals surface area contributed by atoms with Crippen LogP contribution in [-0.2, 0) is 6.42 Å². The summed E-state index contributed by atoms with van der Waals surface area (Å²) in [7, 11) is 1.67. The van der Waals surface area contributed by atoms with Gasteiger partial charge >= 0.3 is 0 Å². The number of aliphatic hydroxyl groups is 1. The summed E-state index contributed by atoms with van der Waals surface area (Å²) in [4.78, 5) is 16.1. The molecule has 4 aromatic heterocycles. The normalized spacial score (nSPS) is 12.8. The van der Waals surface area contributed by atoms with Crippen LogP contribution in [-0.4, -0.2) is 32.2 Å². The van der Waals surface area contributed by atoms with Crippen molar-refractivity contribution in [3.05, 3.63) is 78.4 Å². The van der Waals surface area contributed by atoms with Gasteiger partial charge in [0.1, 0.15) is 5.75 Å². The minimum atomic E-state index is -0.654. The van der Waals surface area contributed by atoms with Crippen LogP contribution >= 0.6 is 0 Å². The van der Waals surface area contributed by atoms with Gasteiger partial charge in [0.15, 0.2) is 0 Å². The molecule has 4 heterocycles. The lowest BCUT2D eigenvalue weighted by atomic mass is 10.0. The molecule has 0 saturated carbocycles. The number of para-hydroxylation sites is 2. The van der Waals surface area contributed by atoms with Gasteiger partial charge < -0.3 is 19.8 Å². The van der Waals surface area contributed by atoms with Crippen LogP contribution in [0.3, 0.4) is 0 Å². The van der Waals surface area contributed by atoms with Crippen molar-refractivity contribution < 1.29 is 9.84 Å². The van der Waals surface area contributed by atoms with E-state index in [2.05, 4.69) is 38.1 Å². The third-order valence-electron chi connectivity index (χ3n) is 6.46. The fraction of sp³-hybridized carbons (Fsp3) is 0.185. The Morgan fingerprint density at radius 2 is 1.61 bits per heavy atom. The topological polar surface area (TPSA) is 86.8 Å². The van der Waals surface area contributed by atoms with Crippen molar-refractivity contribution in [3.63, 3.8) is 0 Å². The van der Waals surface area contributed by atoms with Gasteiger partial charge in [0.2, 0.25) is 0 Å². The second kappa shape index (κ2) is 7.90. The quantitative estimate of drug-likeness (QED) is 0.307. The average molecular weight is 437 g/mol. The number of benzene rings is 2. The Morgan fingerprint density at radius 1 is 0.879 bits per heavy atom. The lowest BCUT2D eigenvalue weighted by Crippen LogP contribution is -2.03. The third-order valence-corrected chi connectivity index (χ3v) is 6.46. The van der Waals surface area contributed by atoms with Gasteiger partial charge in [-0.3, -0.25) is 9.97 Å². The number of aliphatic hydroxyl groups excluding tert-OH is 1. The van der Waals surface area contributed by atoms with E-state index >= 15 is 0 Å². The number of hydrogen-bond acceptors (Lipinski definition) is 4. The number of methoxy groups -OCH3 is 1. The zero-order valence-electron chi connectivity index (χ0n) is 18.3. The molecule has 6 aromatic rings. The fourth-order valence-corrected chi connectivity index (χ4v) is 4.87. The van der Waals surface area contributed by atoms with E-state index in [1.54, 1.807) is 19.5 Å². The maximum atomic E-state index is 11.0. The molecule has 1 unspecified atom stereocenters. The van der Waals surface area contributed by atoms with Crippen LogP contribution in [0.2, 0.25) is 0 Å². The number of nitrogens with zero attached hydrogens (tertiary/aromatic N) is 2. The second-order valence-electron chi connectivity index (χ2n) is 8.39. The Bertz CT molecular complexity index is 1620. The third kappa shape index (κ3) is 3.22. The van der Waals surface area contributed by atoms with Gasteiger partial charge in [-0.05, 0) is 37.5 Å². The summed E-state index contributed by atoms with van der Waals surface area (Å²) >= 11 is 0. The Labute approximate surface area is 190 Å². The number of pyridine rings is 2. The molecular formula is C27H24N4O2. The first kappa shape index (κ1) is 19.8. The van der Waals surface area contributed by atoms with E-state index in [1.165, 1.54) is 0 Å². The van der Waals surface area contributed by atoms with Crippen LogP contribution in [0.25, 0.3) is 43.6 Å². The molecule has 0 amide bonds. The van der Waals surface area contributed by atoms with E-state index in [4.69, 9.17) is 4.74 Å². The van der Waals surface area contributed by atoms with Crippen molar-refractivity contribution in [3.8, 4) is 5.75 Å². The molecule has 6 heteroatoms. The second-order valence-corrected chi connectivity index (χ2v) is 8.39. The summed E-state index contributed by atoms with van der Waals surface area (Å²) < 4.78 is 5.58. The number of nitrogens with one attached hydrogen (secondary N) is 2. The van der Waals surface area contributed by atoms with Crippen LogP contribution in [0.1, 0.15) is 30.3 Å². The van der Waals surface area contributed by atoms with Crippen molar-refractivity contribution in [1.82, 2.24) is 19.9 Å². The van der Waals surface area contributed by atoms with Gasteiger partial charge in [-0.25, -0.2) is 0 Å². The molecule has 0 aliphatic heterocycles. The molecule has 1 atom stereocenters. The van der Waals surface area contributed by atoms with Crippen LogP contribution in [0.4, 0.5) is 0 Å². The highest BCUT2D eigenvalue weighted by Gasteiger charge is 2.18. The molecule has 0 aliphatic carbocycles. The lowest BCUT2D eigenvalue weighted by Gasteiger charge is -2.11. The highest BCUT2D eigenvalue weighted by Crippen LogP contribution is 2.35. The predicted octanol–water partition coefficient (Wildman–Crippen LogP) is 5.81. The molecule has 0 fully saturated rings. The van der Waals surface area contributed by atoms with Gasteiger partial charge in [-0.15, -0.1) is 0 Å². The van der Waals surface area contributed by atoms with Gasteiger partial charge in [-0.1, -0.05) is 36.4 Å². The maximum Gasteiger partial charge on any atom is 0.147 e. The molecule has 0 radical (unpaired) electrons. The maximum absolute atomic E-state index is 11.0. The van der Waals surface area contributed by atoms with E-state index in [-0.39, 0.29) is 0 Å². The Hall–Kier alpha value is -3.90. The number of H-pyrrole nitrogens is 2. The van der Waals surface area contributed by atoms with Gasteiger partial charge in [-0.2, -0.15) is 0 Å². The van der Waals surface area contributed by atoms with E-state index in [0.29, 0.717) is 12.1 Å². The SMILES string of the molecule is COc1cnc(CCCC(O)c2nccc3c2[nH]c2ccccc23)c2[nH]c3ccccc3c12. The molecule has 0 spiro atoms. The highest BCUT2D eigenvalue weighted by atomic mass is 16.5. The number of aryl methyl sites for hydroxylation is 1. The van der Waals surface area contributed by atoms with E-state index < -0.39 is 6.10 Å². The first-order chi connectivity index (χ1) is 16.2. The van der Waals surface area contributed by atoms with Crippen LogP contribution in [0.5, 0.6) is 5.75 Å². The first-order valence-corrected chi connectivity index (χ1v) is 11.2. The Balaban J connectivity index is 1.28. The van der Waals surface area contributed by atoms with Crippen LogP contribution < -0.4 is 4.74 Å². The van der Waals surface area contributed by atoms with Crippen LogP contribution in [0, 0.1) is 0 Å². The largest absolute Gasteiger partial charge is 0.494 e. The summed E-state index contributed by atoms with van der Waals surface area (Å²) in [6, 6.07) is 18.4. The summed E-state index contributed by atoms with van der Waals surface area (Å²) in [6.07, 6.45) is 5.03. The average Bonchev–Trinajstić information content (AvgIpc) is 3.43. The summed E-state index contributed by atoms with van der Waals surface area (Å²) in [6.45, 7) is 0. The molecule has 0 bridgehead atoms. The Morgan fingerprint density at radius 3 is 2.42 bits per heavy atom. The number of rotatable bonds is 6. The minimum Gasteiger partial charge on any atom is -0.494 e. The zero-order valence-corrected chi connectivity index (χ0v) is 18.3. The molecule has 0 saturated heterocycles. The smallest absolute Gasteiger partial charge is 0.147 e. The van der Waals surface area contributed by atoms with Crippen molar-refractivity contribution in [2.24, 2.45) is 0 Å². The molecule has 33 heavy (non-hydrogen) atoms. The number of fused-ring (bicyclic) bond motifs is 6. The molecule has 6 rings (SSSR count). The molecule has 6 nitrogen and oxygen atoms in total. The predicted molar refractivity (Wildman–Crippen MR) is 132 cm³/mol. The van der Waals surface area contributed by atoms with Crippen molar-refractivity contribution >= 4 is 43.6 Å². The zero-order chi connectivity index (χ0) is 22.4. The van der Waals surface area contributed by atoms with Gasteiger partial charge in [0, 0.05) is 33.4 Å². The first-order valence-electron chi connectivity index (χ1n) is 11.2. The Kier molecular flexibility index (Phi) is 4.73. The summed E-state index contributed by atoms with van der Waals surface area (Å²) in [5, 5.41) is 15.4. The molecule has 0 aliphatic rings. The minimum absolute atomic E-state index is 0.594. The number of hydrogen-bond donors (Lipinski definition) is 3. The van der Waals surface area contributed by atoms with Crippen molar-refractivity contribution in [2.75, 3.05) is 7.11 Å². The number of aromatic nitrogens is 4. The van der Waals surface area contributed by atoms with Gasteiger partial charge in [0.05, 0.1) is 47.2 Å². The molecule has 2 aromatic carbocycles. The van der Waals surface area contributed by atoms with E-state index in [9.17, 15) is 5.11 Å². The number of aromatic amines is 2. The molecule has 164 valence electrons. The van der Waals surface area contributed by atoms with Crippen molar-refractivity contribution in [2.45, 2.75) is 25.4 Å². The van der Waals surface area contributed by atoms with Crippen LogP contribution in [0.15, 0.2) is 67.0 Å². The molecule has 3 N–H and O–H groups in total. The van der Waals surface area contributed by atoms with Crippen molar-refractivity contribution in [1.29, 1.82) is 0 Å². The van der Waals surface area contributed by atoms with E-state index in [0.717, 1.165) is 67.9 Å². The van der Waals surface area contributed by atoms with Gasteiger partial charge in [0.25, 0.3) is 0 Å². The highest BCUT2D eigenvalue weighted by molar-refractivity contribution is 6.11. The summed E-state index contributed by atoms with van der Waals surface area (Å²) in [5.41, 5.74) is 5.70. The lowest BCUT2D eigenvalue weighted by molar-refractivity contribution is 0.161. The monoisotopic (exact) mass is 436 g/mol. The standard InChI is InChI=1S/C27H24N4O2/c1-33-23-15-29-21(26-24(23)18-8-3-5-10-20(18)31-26)11-6-12-22(32)27-25-17(13-14-28-27)16-7-2-4-9-19(16)30-25/h2-5,7-10,13-15,22,30-32H,6,11-12H2,1H3. The summed E-state index contributed by atoms with van der Waals surface area (Å²) in [5.74, 6) is 0.765. The number of ether oxygens (including phenoxy) is 1.